The molecule has 0 aromatic rings. The van der Waals surface area contributed by atoms with Gasteiger partial charge in [0.15, 0.2) is 0 Å². The number of aliphatic carboxylic acids is 1. The monoisotopic (exact) mass is 271 g/mol. The molecular formula is C13H25N3O3. The highest BCUT2D eigenvalue weighted by Gasteiger charge is 2.27. The summed E-state index contributed by atoms with van der Waals surface area (Å²) in [4.78, 5) is 26.5. The molecule has 110 valence electrons. The van der Waals surface area contributed by atoms with Gasteiger partial charge in [-0.15, -0.1) is 0 Å². The van der Waals surface area contributed by atoms with Crippen LogP contribution < -0.4 is 5.32 Å². The molecule has 0 radical (unpaired) electrons. The lowest BCUT2D eigenvalue weighted by Crippen LogP contribution is -2.51. The van der Waals surface area contributed by atoms with Crippen molar-refractivity contribution in [3.05, 3.63) is 0 Å². The van der Waals surface area contributed by atoms with E-state index >= 15 is 0 Å². The number of piperidine rings is 1. The Morgan fingerprint density at radius 2 is 1.89 bits per heavy atom. The first-order valence-electron chi connectivity index (χ1n) is 6.89. The van der Waals surface area contributed by atoms with Crippen LogP contribution in [0, 0.1) is 0 Å². The molecule has 1 fully saturated rings. The summed E-state index contributed by atoms with van der Waals surface area (Å²) in [6, 6.07) is 0.194. The van der Waals surface area contributed by atoms with Crippen molar-refractivity contribution in [2.45, 2.75) is 45.2 Å². The van der Waals surface area contributed by atoms with Gasteiger partial charge in [0, 0.05) is 25.7 Å². The summed E-state index contributed by atoms with van der Waals surface area (Å²) >= 11 is 0. The molecule has 6 heteroatoms. The maximum atomic E-state index is 12.4. The van der Waals surface area contributed by atoms with Crippen LogP contribution in [0.25, 0.3) is 0 Å². The minimum absolute atomic E-state index is 0.00994. The molecule has 1 heterocycles. The molecule has 0 atom stereocenters. The van der Waals surface area contributed by atoms with Crippen LogP contribution in [0.2, 0.25) is 0 Å². The van der Waals surface area contributed by atoms with Crippen molar-refractivity contribution in [3.63, 3.8) is 0 Å². The van der Waals surface area contributed by atoms with E-state index in [2.05, 4.69) is 5.32 Å². The molecule has 2 amide bonds. The zero-order chi connectivity index (χ0) is 14.4. The largest absolute Gasteiger partial charge is 0.481 e. The molecular weight excluding hydrogens is 246 g/mol. The van der Waals surface area contributed by atoms with Gasteiger partial charge in [-0.3, -0.25) is 4.79 Å². The molecule has 0 spiro atoms. The fourth-order valence-corrected chi connectivity index (χ4v) is 2.34. The number of hydrogen-bond acceptors (Lipinski definition) is 3. The molecule has 6 nitrogen and oxygen atoms in total. The van der Waals surface area contributed by atoms with Gasteiger partial charge < -0.3 is 20.2 Å². The highest BCUT2D eigenvalue weighted by atomic mass is 16.4. The van der Waals surface area contributed by atoms with E-state index < -0.39 is 5.97 Å². The van der Waals surface area contributed by atoms with E-state index in [4.69, 9.17) is 5.11 Å². The van der Waals surface area contributed by atoms with E-state index in [1.807, 2.05) is 20.9 Å². The third-order valence-corrected chi connectivity index (χ3v) is 3.59. The van der Waals surface area contributed by atoms with Crippen molar-refractivity contribution < 1.29 is 14.7 Å². The van der Waals surface area contributed by atoms with E-state index in [1.54, 1.807) is 9.80 Å². The Labute approximate surface area is 114 Å². The smallest absolute Gasteiger partial charge is 0.320 e. The summed E-state index contributed by atoms with van der Waals surface area (Å²) in [5, 5.41) is 12.0. The molecule has 2 N–H and O–H groups in total. The van der Waals surface area contributed by atoms with Crippen molar-refractivity contribution in [3.8, 4) is 0 Å². The second-order valence-electron chi connectivity index (χ2n) is 5.31. The minimum Gasteiger partial charge on any atom is -0.481 e. The van der Waals surface area contributed by atoms with Crippen LogP contribution in [-0.2, 0) is 4.79 Å². The Bertz CT molecular complexity index is 314. The molecule has 0 aliphatic carbocycles. The van der Waals surface area contributed by atoms with Gasteiger partial charge in [0.05, 0.1) is 6.42 Å². The fraction of sp³-hybridized carbons (Fsp3) is 0.846. The molecule has 0 bridgehead atoms. The average molecular weight is 271 g/mol. The SMILES string of the molecule is CC(C)N(CCC(=O)O)C(=O)N(C)C1CCNCC1. The number of carboxylic acid groups (broad SMARTS) is 1. The van der Waals surface area contributed by atoms with E-state index in [9.17, 15) is 9.59 Å². The molecule has 1 rings (SSSR count). The Hall–Kier alpha value is -1.30. The summed E-state index contributed by atoms with van der Waals surface area (Å²) in [6.07, 6.45) is 1.89. The molecule has 0 unspecified atom stereocenters. The Morgan fingerprint density at radius 3 is 2.37 bits per heavy atom. The van der Waals surface area contributed by atoms with Gasteiger partial charge in [-0.05, 0) is 39.8 Å². The normalized spacial score (nSPS) is 16.4. The second kappa shape index (κ2) is 7.33. The first kappa shape index (κ1) is 15.8. The maximum Gasteiger partial charge on any atom is 0.320 e. The number of amides is 2. The number of hydrogen-bond donors (Lipinski definition) is 2. The van der Waals surface area contributed by atoms with Gasteiger partial charge in [0.2, 0.25) is 0 Å². The van der Waals surface area contributed by atoms with Crippen molar-refractivity contribution in [2.24, 2.45) is 0 Å². The van der Waals surface area contributed by atoms with Gasteiger partial charge in [-0.2, -0.15) is 0 Å². The van der Waals surface area contributed by atoms with Crippen LogP contribution in [0.1, 0.15) is 33.1 Å². The third-order valence-electron chi connectivity index (χ3n) is 3.59. The summed E-state index contributed by atoms with van der Waals surface area (Å²) in [6.45, 7) is 5.95. The minimum atomic E-state index is -0.872. The highest BCUT2D eigenvalue weighted by Crippen LogP contribution is 2.14. The Kier molecular flexibility index (Phi) is 6.08. The number of carbonyl (C=O) groups excluding carboxylic acids is 1. The lowest BCUT2D eigenvalue weighted by molar-refractivity contribution is -0.137. The van der Waals surface area contributed by atoms with Crippen molar-refractivity contribution in [2.75, 3.05) is 26.7 Å². The zero-order valence-electron chi connectivity index (χ0n) is 12.1. The van der Waals surface area contributed by atoms with E-state index in [1.165, 1.54) is 0 Å². The quantitative estimate of drug-likeness (QED) is 0.781. The van der Waals surface area contributed by atoms with Crippen LogP contribution in [0.15, 0.2) is 0 Å². The summed E-state index contributed by atoms with van der Waals surface area (Å²) < 4.78 is 0. The van der Waals surface area contributed by atoms with Crippen LogP contribution in [0.3, 0.4) is 0 Å². The zero-order valence-corrected chi connectivity index (χ0v) is 12.1. The maximum absolute atomic E-state index is 12.4. The van der Waals surface area contributed by atoms with Crippen molar-refractivity contribution >= 4 is 12.0 Å². The fourth-order valence-electron chi connectivity index (χ4n) is 2.34. The Morgan fingerprint density at radius 1 is 1.32 bits per heavy atom. The molecule has 1 aliphatic rings. The van der Waals surface area contributed by atoms with Gasteiger partial charge in [-0.1, -0.05) is 0 Å². The predicted molar refractivity (Wildman–Crippen MR) is 73.1 cm³/mol. The summed E-state index contributed by atoms with van der Waals surface area (Å²) in [5.74, 6) is -0.872. The second-order valence-corrected chi connectivity index (χ2v) is 5.31. The average Bonchev–Trinajstić information content (AvgIpc) is 2.38. The van der Waals surface area contributed by atoms with Gasteiger partial charge in [0.25, 0.3) is 0 Å². The summed E-state index contributed by atoms with van der Waals surface area (Å²) in [5.41, 5.74) is 0. The van der Waals surface area contributed by atoms with Gasteiger partial charge in [0.1, 0.15) is 0 Å². The third kappa shape index (κ3) is 4.70. The first-order valence-corrected chi connectivity index (χ1v) is 6.89. The molecule has 1 aliphatic heterocycles. The van der Waals surface area contributed by atoms with Crippen LogP contribution in [0.5, 0.6) is 0 Å². The summed E-state index contributed by atoms with van der Waals surface area (Å²) in [7, 11) is 1.81. The van der Waals surface area contributed by atoms with Gasteiger partial charge in [-0.25, -0.2) is 4.79 Å². The van der Waals surface area contributed by atoms with E-state index in [0.717, 1.165) is 25.9 Å². The molecule has 1 saturated heterocycles. The topological polar surface area (TPSA) is 72.9 Å². The number of nitrogens with one attached hydrogen (secondary N) is 1. The highest BCUT2D eigenvalue weighted by molar-refractivity contribution is 5.76. The molecule has 0 aromatic heterocycles. The van der Waals surface area contributed by atoms with Crippen molar-refractivity contribution in [1.82, 2.24) is 15.1 Å². The number of carboxylic acids is 1. The van der Waals surface area contributed by atoms with Crippen molar-refractivity contribution in [1.29, 1.82) is 0 Å². The molecule has 0 aromatic carbocycles. The first-order chi connectivity index (χ1) is 8.93. The van der Waals surface area contributed by atoms with Crippen LogP contribution in [-0.4, -0.2) is 65.7 Å². The number of nitrogens with zero attached hydrogens (tertiary/aromatic N) is 2. The number of carbonyl (C=O) groups is 2. The predicted octanol–water partition coefficient (Wildman–Crippen LogP) is 0.975. The molecule has 0 saturated carbocycles. The van der Waals surface area contributed by atoms with Crippen LogP contribution in [0.4, 0.5) is 4.79 Å². The van der Waals surface area contributed by atoms with Crippen LogP contribution >= 0.6 is 0 Å². The molecule has 19 heavy (non-hydrogen) atoms. The lowest BCUT2D eigenvalue weighted by Gasteiger charge is -2.37. The number of urea groups is 1. The lowest BCUT2D eigenvalue weighted by atomic mass is 10.1. The van der Waals surface area contributed by atoms with Gasteiger partial charge >= 0.3 is 12.0 Å². The van der Waals surface area contributed by atoms with E-state index in [0.29, 0.717) is 0 Å². The Balaban J connectivity index is 2.61. The number of rotatable bonds is 5. The van der Waals surface area contributed by atoms with E-state index in [-0.39, 0.29) is 31.1 Å². The standard InChI is InChI=1S/C13H25N3O3/c1-10(2)16(9-6-12(17)18)13(19)15(3)11-4-7-14-8-5-11/h10-11,14H,4-9H2,1-3H3,(H,17,18).